The van der Waals surface area contributed by atoms with Crippen molar-refractivity contribution in [1.82, 2.24) is 4.90 Å². The van der Waals surface area contributed by atoms with E-state index in [1.54, 1.807) is 19.1 Å². The van der Waals surface area contributed by atoms with Crippen LogP contribution in [-0.2, 0) is 6.54 Å². The molecule has 2 rings (SSSR count). The first-order chi connectivity index (χ1) is 10.8. The molecule has 0 aliphatic carbocycles. The van der Waals surface area contributed by atoms with E-state index >= 15 is 0 Å². The third kappa shape index (κ3) is 6.74. The van der Waals surface area contributed by atoms with Crippen molar-refractivity contribution in [2.24, 2.45) is 10.7 Å². The Balaban J connectivity index is 0.00000288. The molecule has 0 aromatic heterocycles. The SMILES string of the molecule is Cc1ccc(CN=C(N)N2CCCCC2)c(OCC(F)(F)F)c1.I. The molecule has 4 nitrogen and oxygen atoms in total. The minimum atomic E-state index is -4.36. The van der Waals surface area contributed by atoms with Gasteiger partial charge in [-0.05, 0) is 37.8 Å². The Bertz CT molecular complexity index is 558. The van der Waals surface area contributed by atoms with Gasteiger partial charge in [-0.1, -0.05) is 12.1 Å². The fourth-order valence-electron chi connectivity index (χ4n) is 2.48. The summed E-state index contributed by atoms with van der Waals surface area (Å²) in [6.07, 6.45) is -1.00. The molecule has 0 unspecified atom stereocenters. The number of alkyl halides is 3. The summed E-state index contributed by atoms with van der Waals surface area (Å²) in [6.45, 7) is 2.45. The molecule has 1 aliphatic heterocycles. The summed E-state index contributed by atoms with van der Waals surface area (Å²) in [7, 11) is 0. The fraction of sp³-hybridized carbons (Fsp3) is 0.562. The number of benzene rings is 1. The second kappa shape index (κ2) is 9.33. The van der Waals surface area contributed by atoms with Crippen LogP contribution in [0.15, 0.2) is 23.2 Å². The summed E-state index contributed by atoms with van der Waals surface area (Å²) in [5.41, 5.74) is 7.40. The van der Waals surface area contributed by atoms with Crippen molar-refractivity contribution in [3.8, 4) is 5.75 Å². The van der Waals surface area contributed by atoms with E-state index in [-0.39, 0.29) is 36.3 Å². The number of hydrogen-bond acceptors (Lipinski definition) is 2. The zero-order valence-electron chi connectivity index (χ0n) is 13.6. The minimum absolute atomic E-state index is 0. The second-order valence-corrected chi connectivity index (χ2v) is 5.74. The van der Waals surface area contributed by atoms with Crippen molar-refractivity contribution in [1.29, 1.82) is 0 Å². The molecule has 1 heterocycles. The highest BCUT2D eigenvalue weighted by atomic mass is 127. The van der Waals surface area contributed by atoms with E-state index in [0.717, 1.165) is 31.5 Å². The number of guanidine groups is 1. The molecule has 136 valence electrons. The number of nitrogens with two attached hydrogens (primary N) is 1. The minimum Gasteiger partial charge on any atom is -0.484 e. The van der Waals surface area contributed by atoms with Crippen LogP contribution in [-0.4, -0.2) is 36.7 Å². The van der Waals surface area contributed by atoms with Gasteiger partial charge in [0.1, 0.15) is 5.75 Å². The number of hydrogen-bond donors (Lipinski definition) is 1. The molecule has 1 aromatic carbocycles. The second-order valence-electron chi connectivity index (χ2n) is 5.74. The van der Waals surface area contributed by atoms with Gasteiger partial charge in [-0.15, -0.1) is 24.0 Å². The van der Waals surface area contributed by atoms with Gasteiger partial charge >= 0.3 is 6.18 Å². The maximum absolute atomic E-state index is 12.4. The lowest BCUT2D eigenvalue weighted by Crippen LogP contribution is -2.40. The number of aryl methyl sites for hydroxylation is 1. The highest BCUT2D eigenvalue weighted by Crippen LogP contribution is 2.24. The lowest BCUT2D eigenvalue weighted by atomic mass is 10.1. The highest BCUT2D eigenvalue weighted by Gasteiger charge is 2.28. The topological polar surface area (TPSA) is 50.8 Å². The van der Waals surface area contributed by atoms with Gasteiger partial charge in [0.15, 0.2) is 12.6 Å². The van der Waals surface area contributed by atoms with E-state index in [1.807, 2.05) is 11.0 Å². The van der Waals surface area contributed by atoms with Crippen molar-refractivity contribution in [3.05, 3.63) is 29.3 Å². The van der Waals surface area contributed by atoms with Crippen LogP contribution in [0.1, 0.15) is 30.4 Å². The van der Waals surface area contributed by atoms with Gasteiger partial charge in [-0.3, -0.25) is 0 Å². The molecular weight excluding hydrogens is 434 g/mol. The number of likely N-dealkylation sites (tertiary alicyclic amines) is 1. The third-order valence-corrected chi connectivity index (χ3v) is 3.71. The van der Waals surface area contributed by atoms with Gasteiger partial charge in [-0.2, -0.15) is 13.2 Å². The Morgan fingerprint density at radius 3 is 2.54 bits per heavy atom. The Morgan fingerprint density at radius 1 is 1.25 bits per heavy atom. The van der Waals surface area contributed by atoms with E-state index in [9.17, 15) is 13.2 Å². The summed E-state index contributed by atoms with van der Waals surface area (Å²) < 4.78 is 42.0. The molecule has 2 N–H and O–H groups in total. The van der Waals surface area contributed by atoms with E-state index in [0.29, 0.717) is 11.5 Å². The lowest BCUT2D eigenvalue weighted by Gasteiger charge is -2.27. The van der Waals surface area contributed by atoms with Crippen LogP contribution >= 0.6 is 24.0 Å². The van der Waals surface area contributed by atoms with Gasteiger partial charge < -0.3 is 15.4 Å². The van der Waals surface area contributed by atoms with Gasteiger partial charge in [0, 0.05) is 18.7 Å². The molecule has 0 spiro atoms. The maximum Gasteiger partial charge on any atom is 0.422 e. The van der Waals surface area contributed by atoms with Gasteiger partial charge in [0.05, 0.1) is 6.54 Å². The standard InChI is InChI=1S/C16H22F3N3O.HI/c1-12-5-6-13(14(9-12)23-11-16(17,18)19)10-21-15(20)22-7-3-2-4-8-22;/h5-6,9H,2-4,7-8,10-11H2,1H3,(H2,20,21);1H. The van der Waals surface area contributed by atoms with Crippen LogP contribution in [0, 0.1) is 6.92 Å². The molecule has 1 fully saturated rings. The van der Waals surface area contributed by atoms with Gasteiger partial charge in [0.2, 0.25) is 0 Å². The van der Waals surface area contributed by atoms with Crippen LogP contribution in [0.3, 0.4) is 0 Å². The average Bonchev–Trinajstić information content (AvgIpc) is 2.52. The Labute approximate surface area is 157 Å². The van der Waals surface area contributed by atoms with Crippen LogP contribution in [0.4, 0.5) is 13.2 Å². The Kier molecular flexibility index (Phi) is 8.11. The van der Waals surface area contributed by atoms with Crippen molar-refractivity contribution in [2.75, 3.05) is 19.7 Å². The molecule has 0 saturated carbocycles. The molecule has 0 bridgehead atoms. The van der Waals surface area contributed by atoms with E-state index in [4.69, 9.17) is 10.5 Å². The average molecular weight is 457 g/mol. The predicted molar refractivity (Wildman–Crippen MR) is 98.9 cm³/mol. The third-order valence-electron chi connectivity index (χ3n) is 3.71. The van der Waals surface area contributed by atoms with Gasteiger partial charge in [0.25, 0.3) is 0 Å². The van der Waals surface area contributed by atoms with Crippen LogP contribution in [0.2, 0.25) is 0 Å². The van der Waals surface area contributed by atoms with Crippen molar-refractivity contribution in [3.63, 3.8) is 0 Å². The first kappa shape index (κ1) is 20.9. The van der Waals surface area contributed by atoms with E-state index < -0.39 is 12.8 Å². The number of piperidine rings is 1. The van der Waals surface area contributed by atoms with Crippen LogP contribution < -0.4 is 10.5 Å². The number of halogens is 4. The zero-order chi connectivity index (χ0) is 16.9. The largest absolute Gasteiger partial charge is 0.484 e. The first-order valence-electron chi connectivity index (χ1n) is 7.69. The maximum atomic E-state index is 12.4. The molecule has 8 heteroatoms. The molecule has 1 aliphatic rings. The van der Waals surface area contributed by atoms with Crippen molar-refractivity contribution >= 4 is 29.9 Å². The number of ether oxygens (including phenoxy) is 1. The lowest BCUT2D eigenvalue weighted by molar-refractivity contribution is -0.153. The molecule has 0 radical (unpaired) electrons. The molecule has 0 atom stereocenters. The van der Waals surface area contributed by atoms with Gasteiger partial charge in [-0.25, -0.2) is 4.99 Å². The number of rotatable bonds is 4. The number of nitrogens with zero attached hydrogens (tertiary/aromatic N) is 2. The normalized spacial score (nSPS) is 15.8. The number of aliphatic imine (C=N–C) groups is 1. The monoisotopic (exact) mass is 457 g/mol. The molecule has 1 saturated heterocycles. The molecule has 24 heavy (non-hydrogen) atoms. The summed E-state index contributed by atoms with van der Waals surface area (Å²) >= 11 is 0. The smallest absolute Gasteiger partial charge is 0.422 e. The van der Waals surface area contributed by atoms with E-state index in [1.165, 1.54) is 6.42 Å². The molecular formula is C16H23F3IN3O. The van der Waals surface area contributed by atoms with Crippen LogP contribution in [0.25, 0.3) is 0 Å². The zero-order valence-corrected chi connectivity index (χ0v) is 15.9. The predicted octanol–water partition coefficient (Wildman–Crippen LogP) is 3.85. The van der Waals surface area contributed by atoms with Crippen LogP contribution in [0.5, 0.6) is 5.75 Å². The molecule has 1 aromatic rings. The summed E-state index contributed by atoms with van der Waals surface area (Å²) in [5.74, 6) is 0.643. The highest BCUT2D eigenvalue weighted by molar-refractivity contribution is 14.0. The summed E-state index contributed by atoms with van der Waals surface area (Å²) in [6, 6.07) is 5.14. The van der Waals surface area contributed by atoms with Crippen molar-refractivity contribution in [2.45, 2.75) is 38.9 Å². The summed E-state index contributed by atoms with van der Waals surface area (Å²) in [5, 5.41) is 0. The van der Waals surface area contributed by atoms with E-state index in [2.05, 4.69) is 4.99 Å². The quantitative estimate of drug-likeness (QED) is 0.425. The summed E-state index contributed by atoms with van der Waals surface area (Å²) in [4.78, 5) is 6.32. The van der Waals surface area contributed by atoms with Crippen molar-refractivity contribution < 1.29 is 17.9 Å². The Hall–Kier alpha value is -1.19. The fourth-order valence-corrected chi connectivity index (χ4v) is 2.48. The first-order valence-corrected chi connectivity index (χ1v) is 7.69. The Morgan fingerprint density at radius 2 is 1.92 bits per heavy atom. The molecule has 0 amide bonds.